The Hall–Kier alpha value is -5.37. The maximum Gasteiger partial charge on any atom is 0.416 e. The second-order valence-electron chi connectivity index (χ2n) is 12.3. The largest absolute Gasteiger partial charge is 0.416 e. The van der Waals surface area contributed by atoms with Gasteiger partial charge < -0.3 is 29.7 Å². The molecule has 5 rings (SSSR count). The van der Waals surface area contributed by atoms with E-state index in [4.69, 9.17) is 16.3 Å². The minimum atomic E-state index is -4.55. The number of nitrogens with one attached hydrogen (secondary N) is 2. The molecule has 3 aromatic rings. The Morgan fingerprint density at radius 2 is 1.85 bits per heavy atom. The fourth-order valence-electron chi connectivity index (χ4n) is 5.96. The van der Waals surface area contributed by atoms with E-state index < -0.39 is 17.6 Å². The number of nitrogens with zero attached hydrogens (tertiary/aromatic N) is 7. The number of ether oxygens (including phenoxy) is 1. The highest BCUT2D eigenvalue weighted by atomic mass is 35.5. The Bertz CT molecular complexity index is 1950. The molecule has 0 saturated carbocycles. The highest BCUT2D eigenvalue weighted by Gasteiger charge is 2.33. The molecule has 16 heteroatoms. The lowest BCUT2D eigenvalue weighted by atomic mass is 10.1. The number of piperazine rings is 1. The van der Waals surface area contributed by atoms with Crippen LogP contribution in [0.5, 0.6) is 0 Å². The van der Waals surface area contributed by atoms with Crippen molar-refractivity contribution in [1.29, 1.82) is 0 Å². The first-order valence-corrected chi connectivity index (χ1v) is 17.6. The van der Waals surface area contributed by atoms with Gasteiger partial charge in [0, 0.05) is 52.7 Å². The van der Waals surface area contributed by atoms with E-state index in [2.05, 4.69) is 57.5 Å². The number of aliphatic imine (C=N–C) groups is 1. The number of allylic oxidation sites excluding steroid dienone is 1. The van der Waals surface area contributed by atoms with Gasteiger partial charge in [0.2, 0.25) is 0 Å². The number of hydrogen-bond acceptors (Lipinski definition) is 9. The Morgan fingerprint density at radius 3 is 2.43 bits per heavy atom. The fourth-order valence-corrected chi connectivity index (χ4v) is 6.19. The number of carbonyl (C=O) groups excluding carboxylic acids is 2. The Balaban J connectivity index is 0.000000631. The van der Waals surface area contributed by atoms with E-state index >= 15 is 0 Å². The molecule has 1 saturated heterocycles. The van der Waals surface area contributed by atoms with Crippen LogP contribution >= 0.6 is 11.6 Å². The van der Waals surface area contributed by atoms with Gasteiger partial charge >= 0.3 is 6.18 Å². The number of fused-ring (bicyclic) bond motifs is 1. The third-order valence-corrected chi connectivity index (χ3v) is 9.21. The lowest BCUT2D eigenvalue weighted by Gasteiger charge is -2.38. The van der Waals surface area contributed by atoms with Crippen molar-refractivity contribution >= 4 is 53.6 Å². The standard InChI is InChI=1S/C31H34ClF3N8O2.C7H11NO/c1-6-21(39-25-12-11-20(17-23(25)32)31(33,34)35)18-43(37-4)30(45)28(24(7-2)36-3)41-13-15-42(16-14-41)29(44)22-9-8-10-26-27(22)38-19-40(26)5;1-8-6-7-2-4-9-5-3-7/h8-12,17,19,36,39H,1,4,7,13-16,18H2,2-3,5H3;2H,1,3-6H2/b28-24+;. The number of amides is 2. The summed E-state index contributed by atoms with van der Waals surface area (Å²) in [6, 6.07) is 8.39. The molecule has 2 aliphatic rings. The maximum absolute atomic E-state index is 14.0. The number of anilines is 1. The summed E-state index contributed by atoms with van der Waals surface area (Å²) in [5.74, 6) is -0.606. The van der Waals surface area contributed by atoms with Gasteiger partial charge in [0.1, 0.15) is 11.2 Å². The van der Waals surface area contributed by atoms with Crippen LogP contribution in [0, 0.1) is 0 Å². The molecule has 288 valence electrons. The zero-order chi connectivity index (χ0) is 39.4. The van der Waals surface area contributed by atoms with Crippen LogP contribution in [-0.4, -0.2) is 109 Å². The summed E-state index contributed by atoms with van der Waals surface area (Å²) >= 11 is 6.11. The SMILES string of the molecule is C=C=C(CN(N=C)C(=O)/C(=C(/CC)NC)N1CCN(C(=O)c2cccc3c2ncn3C)CC1)Nc1ccc(C(F)(F)F)cc1Cl.C=NCC1=CCOCC1. The van der Waals surface area contributed by atoms with Gasteiger partial charge in [0.25, 0.3) is 11.8 Å². The van der Waals surface area contributed by atoms with Crippen LogP contribution in [0.25, 0.3) is 11.0 Å². The molecule has 0 atom stereocenters. The van der Waals surface area contributed by atoms with Gasteiger partial charge in [0.05, 0.1) is 65.7 Å². The van der Waals surface area contributed by atoms with Crippen LogP contribution in [-0.2, 0) is 22.8 Å². The van der Waals surface area contributed by atoms with Crippen molar-refractivity contribution < 1.29 is 27.5 Å². The molecule has 2 amide bonds. The molecule has 0 spiro atoms. The van der Waals surface area contributed by atoms with E-state index in [1.54, 1.807) is 24.3 Å². The minimum absolute atomic E-state index is 0.136. The molecular formula is C38H45ClF3N9O3. The molecule has 0 radical (unpaired) electrons. The summed E-state index contributed by atoms with van der Waals surface area (Å²) in [7, 11) is 3.59. The molecule has 3 heterocycles. The van der Waals surface area contributed by atoms with E-state index in [9.17, 15) is 22.8 Å². The number of benzene rings is 2. The van der Waals surface area contributed by atoms with Crippen molar-refractivity contribution in [3.05, 3.63) is 99.9 Å². The van der Waals surface area contributed by atoms with Gasteiger partial charge in [-0.1, -0.05) is 37.2 Å². The third kappa shape index (κ3) is 10.2. The van der Waals surface area contributed by atoms with Crippen molar-refractivity contribution in [1.82, 2.24) is 29.7 Å². The maximum atomic E-state index is 14.0. The van der Waals surface area contributed by atoms with E-state index in [1.807, 2.05) is 35.6 Å². The molecule has 12 nitrogen and oxygen atoms in total. The first kappa shape index (κ1) is 41.4. The quantitative estimate of drug-likeness (QED) is 0.0752. The lowest BCUT2D eigenvalue weighted by molar-refractivity contribution is -0.137. The number of alkyl halides is 3. The number of carbonyl (C=O) groups is 2. The molecule has 0 bridgehead atoms. The highest BCUT2D eigenvalue weighted by molar-refractivity contribution is 6.33. The number of hydrogen-bond donors (Lipinski definition) is 2. The van der Waals surface area contributed by atoms with Crippen LogP contribution in [0.15, 0.2) is 93.9 Å². The molecule has 54 heavy (non-hydrogen) atoms. The van der Waals surface area contributed by atoms with E-state index in [-0.39, 0.29) is 28.9 Å². The van der Waals surface area contributed by atoms with Crippen molar-refractivity contribution in [2.75, 3.05) is 64.8 Å². The van der Waals surface area contributed by atoms with Crippen LogP contribution in [0.4, 0.5) is 18.9 Å². The average molecular weight is 768 g/mol. The zero-order valence-corrected chi connectivity index (χ0v) is 31.4. The van der Waals surface area contributed by atoms with Gasteiger partial charge in [-0.25, -0.2) is 9.99 Å². The summed E-state index contributed by atoms with van der Waals surface area (Å²) in [4.78, 5) is 39.3. The number of hydrazone groups is 1. The number of imidazole rings is 1. The van der Waals surface area contributed by atoms with Crippen LogP contribution in [0.2, 0.25) is 5.02 Å². The van der Waals surface area contributed by atoms with Gasteiger partial charge in [0.15, 0.2) is 0 Å². The van der Waals surface area contributed by atoms with Crippen molar-refractivity contribution in [2.24, 2.45) is 17.1 Å². The molecule has 1 fully saturated rings. The summed E-state index contributed by atoms with van der Waals surface area (Å²) in [6.45, 7) is 16.2. The number of halogens is 4. The molecule has 0 unspecified atom stereocenters. The van der Waals surface area contributed by atoms with Gasteiger partial charge in [-0.3, -0.25) is 14.6 Å². The van der Waals surface area contributed by atoms with Gasteiger partial charge in [-0.2, -0.15) is 18.3 Å². The zero-order valence-electron chi connectivity index (χ0n) is 30.7. The minimum Gasteiger partial charge on any atom is -0.390 e. The number of aromatic nitrogens is 2. The van der Waals surface area contributed by atoms with E-state index in [0.717, 1.165) is 48.8 Å². The van der Waals surface area contributed by atoms with Crippen LogP contribution in [0.1, 0.15) is 35.7 Å². The monoisotopic (exact) mass is 767 g/mol. The summed E-state index contributed by atoms with van der Waals surface area (Å²) in [5.41, 5.74) is 6.58. The second kappa shape index (κ2) is 19.1. The molecule has 0 aliphatic carbocycles. The third-order valence-electron chi connectivity index (χ3n) is 8.89. The number of para-hydroxylation sites is 1. The first-order valence-electron chi connectivity index (χ1n) is 17.2. The van der Waals surface area contributed by atoms with Crippen molar-refractivity contribution in [2.45, 2.75) is 25.9 Å². The molecule has 2 N–H and O–H groups in total. The predicted molar refractivity (Wildman–Crippen MR) is 206 cm³/mol. The molecule has 2 aliphatic heterocycles. The van der Waals surface area contributed by atoms with Crippen LogP contribution in [0.3, 0.4) is 0 Å². The predicted octanol–water partition coefficient (Wildman–Crippen LogP) is 6.10. The van der Waals surface area contributed by atoms with Crippen LogP contribution < -0.4 is 10.6 Å². The van der Waals surface area contributed by atoms with Gasteiger partial charge in [-0.05, 0) is 55.5 Å². The molecule has 1 aromatic heterocycles. The first-order chi connectivity index (χ1) is 25.9. The topological polar surface area (TPSA) is 120 Å². The average Bonchev–Trinajstić information content (AvgIpc) is 3.56. The summed E-state index contributed by atoms with van der Waals surface area (Å²) < 4.78 is 46.2. The molecule has 2 aromatic carbocycles. The van der Waals surface area contributed by atoms with E-state index in [0.29, 0.717) is 55.1 Å². The number of aryl methyl sites for hydroxylation is 1. The fraction of sp³-hybridized carbons (Fsp3) is 0.368. The van der Waals surface area contributed by atoms with Gasteiger partial charge in [-0.15, -0.1) is 5.73 Å². The second-order valence-corrected chi connectivity index (χ2v) is 12.7. The molecular weight excluding hydrogens is 723 g/mol. The lowest BCUT2D eigenvalue weighted by Crippen LogP contribution is -2.51. The Morgan fingerprint density at radius 1 is 1.13 bits per heavy atom. The summed E-state index contributed by atoms with van der Waals surface area (Å²) in [5, 5.41) is 10.9. The van der Waals surface area contributed by atoms with E-state index in [1.165, 1.54) is 11.6 Å². The normalized spacial score (nSPS) is 14.8. The number of rotatable bonds is 12. The smallest absolute Gasteiger partial charge is 0.390 e. The Labute approximate surface area is 318 Å². The van der Waals surface area contributed by atoms with Crippen molar-refractivity contribution in [3.8, 4) is 0 Å². The Kier molecular flexibility index (Phi) is 14.6. The highest BCUT2D eigenvalue weighted by Crippen LogP contribution is 2.34. The van der Waals surface area contributed by atoms with Crippen molar-refractivity contribution in [3.63, 3.8) is 0 Å². The summed E-state index contributed by atoms with van der Waals surface area (Å²) in [6.07, 6.45) is 0.741.